The molecule has 0 spiro atoms. The highest BCUT2D eigenvalue weighted by Gasteiger charge is 2.16. The number of likely N-dealkylation sites (N-methyl/N-ethyl adjacent to an activating group) is 1. The Labute approximate surface area is 152 Å². The number of rotatable bonds is 7. The van der Waals surface area contributed by atoms with E-state index in [2.05, 4.69) is 20.0 Å². The summed E-state index contributed by atoms with van der Waals surface area (Å²) in [5.41, 5.74) is 2.53. The van der Waals surface area contributed by atoms with E-state index in [0.29, 0.717) is 18.7 Å². The molecule has 3 aromatic rings. The minimum atomic E-state index is 0.000781. The molecule has 0 aliphatic heterocycles. The van der Waals surface area contributed by atoms with Crippen LogP contribution in [0.3, 0.4) is 0 Å². The van der Waals surface area contributed by atoms with E-state index < -0.39 is 0 Å². The monoisotopic (exact) mass is 350 g/mol. The van der Waals surface area contributed by atoms with Gasteiger partial charge in [0.05, 0.1) is 5.69 Å². The summed E-state index contributed by atoms with van der Waals surface area (Å²) in [5.74, 6) is 0.000781. The molecule has 0 atom stereocenters. The summed E-state index contributed by atoms with van der Waals surface area (Å²) in [7, 11) is 4.00. The average molecular weight is 350 g/mol. The maximum Gasteiger partial charge on any atom is 0.254 e. The largest absolute Gasteiger partial charge is 0.333 e. The molecule has 2 heterocycles. The SMILES string of the molecule is CN(C)CCN(Cc1cccnc1)C(=O)c1ccc(-n2cncn2)cc1. The quantitative estimate of drug-likeness (QED) is 0.651. The molecule has 7 nitrogen and oxygen atoms in total. The lowest BCUT2D eigenvalue weighted by Crippen LogP contribution is -2.36. The Morgan fingerprint density at radius 2 is 1.88 bits per heavy atom. The van der Waals surface area contributed by atoms with Gasteiger partial charge in [0.25, 0.3) is 5.91 Å². The zero-order valence-corrected chi connectivity index (χ0v) is 15.0. The van der Waals surface area contributed by atoms with E-state index in [-0.39, 0.29) is 5.91 Å². The first-order chi connectivity index (χ1) is 12.6. The molecule has 134 valence electrons. The molecule has 1 amide bonds. The molecule has 1 aromatic carbocycles. The minimum Gasteiger partial charge on any atom is -0.333 e. The van der Waals surface area contributed by atoms with Gasteiger partial charge >= 0.3 is 0 Å². The smallest absolute Gasteiger partial charge is 0.254 e. The predicted octanol–water partition coefficient (Wildman–Crippen LogP) is 1.87. The molecule has 3 rings (SSSR count). The summed E-state index contributed by atoms with van der Waals surface area (Å²) in [6, 6.07) is 11.3. The maximum absolute atomic E-state index is 13.0. The molecule has 0 radical (unpaired) electrons. The number of pyridine rings is 1. The third-order valence-electron chi connectivity index (χ3n) is 4.00. The van der Waals surface area contributed by atoms with Crippen LogP contribution < -0.4 is 0 Å². The van der Waals surface area contributed by atoms with Crippen molar-refractivity contribution < 1.29 is 4.79 Å². The van der Waals surface area contributed by atoms with Crippen molar-refractivity contribution in [3.05, 3.63) is 72.6 Å². The molecule has 0 fully saturated rings. The van der Waals surface area contributed by atoms with Crippen LogP contribution in [-0.4, -0.2) is 62.6 Å². The number of nitrogens with zero attached hydrogens (tertiary/aromatic N) is 6. The summed E-state index contributed by atoms with van der Waals surface area (Å²) in [4.78, 5) is 25.0. The Morgan fingerprint density at radius 3 is 2.50 bits per heavy atom. The topological polar surface area (TPSA) is 67.2 Å². The van der Waals surface area contributed by atoms with Gasteiger partial charge in [-0.2, -0.15) is 5.10 Å². The van der Waals surface area contributed by atoms with Gasteiger partial charge < -0.3 is 9.80 Å². The van der Waals surface area contributed by atoms with Gasteiger partial charge in [0.1, 0.15) is 12.7 Å². The second-order valence-electron chi connectivity index (χ2n) is 6.28. The van der Waals surface area contributed by atoms with E-state index >= 15 is 0 Å². The van der Waals surface area contributed by atoms with E-state index in [1.807, 2.05) is 55.4 Å². The normalized spacial score (nSPS) is 10.9. The maximum atomic E-state index is 13.0. The number of carbonyl (C=O) groups is 1. The molecule has 0 aliphatic rings. The van der Waals surface area contributed by atoms with Gasteiger partial charge in [-0.25, -0.2) is 9.67 Å². The van der Waals surface area contributed by atoms with Crippen molar-refractivity contribution in [3.63, 3.8) is 0 Å². The summed E-state index contributed by atoms with van der Waals surface area (Å²) in [6.07, 6.45) is 6.64. The van der Waals surface area contributed by atoms with Crippen molar-refractivity contribution in [2.24, 2.45) is 0 Å². The van der Waals surface area contributed by atoms with E-state index in [0.717, 1.165) is 17.8 Å². The Morgan fingerprint density at radius 1 is 1.08 bits per heavy atom. The highest BCUT2D eigenvalue weighted by Crippen LogP contribution is 2.13. The van der Waals surface area contributed by atoms with Crippen molar-refractivity contribution in [1.82, 2.24) is 29.5 Å². The van der Waals surface area contributed by atoms with Crippen molar-refractivity contribution >= 4 is 5.91 Å². The number of carbonyl (C=O) groups excluding carboxylic acids is 1. The van der Waals surface area contributed by atoms with Crippen molar-refractivity contribution in [2.75, 3.05) is 27.2 Å². The second kappa shape index (κ2) is 8.35. The van der Waals surface area contributed by atoms with Crippen LogP contribution in [0.5, 0.6) is 0 Å². The molecule has 0 saturated heterocycles. The lowest BCUT2D eigenvalue weighted by Gasteiger charge is -2.24. The third kappa shape index (κ3) is 4.52. The fourth-order valence-corrected chi connectivity index (χ4v) is 2.57. The summed E-state index contributed by atoms with van der Waals surface area (Å²) in [6.45, 7) is 1.97. The van der Waals surface area contributed by atoms with Gasteiger partial charge in [-0.1, -0.05) is 6.07 Å². The van der Waals surface area contributed by atoms with E-state index in [1.165, 1.54) is 6.33 Å². The van der Waals surface area contributed by atoms with Gasteiger partial charge in [-0.3, -0.25) is 9.78 Å². The van der Waals surface area contributed by atoms with Gasteiger partial charge in [-0.05, 0) is 50.0 Å². The van der Waals surface area contributed by atoms with Gasteiger partial charge in [0.2, 0.25) is 0 Å². The summed E-state index contributed by atoms with van der Waals surface area (Å²) in [5, 5.41) is 4.10. The molecule has 0 bridgehead atoms. The molecule has 0 aliphatic carbocycles. The Bertz CT molecular complexity index is 815. The van der Waals surface area contributed by atoms with Crippen LogP contribution in [0.4, 0.5) is 0 Å². The molecule has 2 aromatic heterocycles. The zero-order valence-electron chi connectivity index (χ0n) is 15.0. The number of hydrogen-bond donors (Lipinski definition) is 0. The lowest BCUT2D eigenvalue weighted by molar-refractivity contribution is 0.0732. The van der Waals surface area contributed by atoms with Crippen LogP contribution in [-0.2, 0) is 6.54 Å². The number of aromatic nitrogens is 4. The minimum absolute atomic E-state index is 0.000781. The van der Waals surface area contributed by atoms with Crippen LogP contribution in [0.2, 0.25) is 0 Å². The van der Waals surface area contributed by atoms with Crippen molar-refractivity contribution in [1.29, 1.82) is 0 Å². The highest BCUT2D eigenvalue weighted by molar-refractivity contribution is 5.94. The Balaban J connectivity index is 1.77. The number of amides is 1. The van der Waals surface area contributed by atoms with Crippen LogP contribution in [0.15, 0.2) is 61.4 Å². The first kappa shape index (κ1) is 17.8. The first-order valence-corrected chi connectivity index (χ1v) is 8.41. The molecule has 0 saturated carbocycles. The van der Waals surface area contributed by atoms with Crippen LogP contribution in [0.25, 0.3) is 5.69 Å². The number of benzene rings is 1. The standard InChI is InChI=1S/C19H22N6O/c1-23(2)10-11-24(13-16-4-3-9-20-12-16)19(26)17-5-7-18(8-6-17)25-15-21-14-22-25/h3-9,12,14-15H,10-11,13H2,1-2H3. The average Bonchev–Trinajstić information content (AvgIpc) is 3.20. The summed E-state index contributed by atoms with van der Waals surface area (Å²) >= 11 is 0. The fourth-order valence-electron chi connectivity index (χ4n) is 2.57. The van der Waals surface area contributed by atoms with Gasteiger partial charge in [0, 0.05) is 37.6 Å². The molecular weight excluding hydrogens is 328 g/mol. The molecule has 7 heteroatoms. The third-order valence-corrected chi connectivity index (χ3v) is 4.00. The first-order valence-electron chi connectivity index (χ1n) is 8.41. The van der Waals surface area contributed by atoms with E-state index in [9.17, 15) is 4.79 Å². The molecular formula is C19H22N6O. The lowest BCUT2D eigenvalue weighted by atomic mass is 10.1. The Hall–Kier alpha value is -3.06. The molecule has 0 unspecified atom stereocenters. The fraction of sp³-hybridized carbons (Fsp3) is 0.263. The highest BCUT2D eigenvalue weighted by atomic mass is 16.2. The van der Waals surface area contributed by atoms with E-state index in [4.69, 9.17) is 0 Å². The number of hydrogen-bond acceptors (Lipinski definition) is 5. The molecule has 26 heavy (non-hydrogen) atoms. The van der Waals surface area contributed by atoms with Gasteiger partial charge in [0.15, 0.2) is 0 Å². The van der Waals surface area contributed by atoms with Gasteiger partial charge in [-0.15, -0.1) is 0 Å². The molecule has 0 N–H and O–H groups in total. The summed E-state index contributed by atoms with van der Waals surface area (Å²) < 4.78 is 1.66. The van der Waals surface area contributed by atoms with Crippen molar-refractivity contribution in [2.45, 2.75) is 6.54 Å². The Kier molecular flexibility index (Phi) is 5.70. The van der Waals surface area contributed by atoms with Crippen LogP contribution in [0, 0.1) is 0 Å². The van der Waals surface area contributed by atoms with Crippen molar-refractivity contribution in [3.8, 4) is 5.69 Å². The second-order valence-corrected chi connectivity index (χ2v) is 6.28. The zero-order chi connectivity index (χ0) is 18.4. The van der Waals surface area contributed by atoms with E-state index in [1.54, 1.807) is 23.4 Å². The van der Waals surface area contributed by atoms with Crippen LogP contribution >= 0.6 is 0 Å². The van der Waals surface area contributed by atoms with Crippen LogP contribution in [0.1, 0.15) is 15.9 Å². The predicted molar refractivity (Wildman–Crippen MR) is 98.9 cm³/mol.